The van der Waals surface area contributed by atoms with Crippen molar-refractivity contribution in [3.8, 4) is 0 Å². The van der Waals surface area contributed by atoms with E-state index in [1.54, 1.807) is 0 Å². The summed E-state index contributed by atoms with van der Waals surface area (Å²) in [4.78, 5) is 18.3. The molecule has 0 amide bonds. The maximum Gasteiger partial charge on any atom is 0.229 e. The Kier molecular flexibility index (Phi) is 3.51. The Balaban J connectivity index is 1.43. The van der Waals surface area contributed by atoms with Gasteiger partial charge in [-0.3, -0.25) is 9.69 Å². The number of carbonyl (C=O) groups excluding carboxylic acids is 1. The highest BCUT2D eigenvalue weighted by molar-refractivity contribution is 5.79. The molecule has 3 fully saturated rings. The second-order valence-electron chi connectivity index (χ2n) is 6.42. The molecule has 4 rings (SSSR count). The summed E-state index contributed by atoms with van der Waals surface area (Å²) in [6.45, 7) is 2.79. The monoisotopic (exact) mass is 291 g/mol. The Morgan fingerprint density at radius 1 is 1.19 bits per heavy atom. The molecule has 0 aromatic carbocycles. The summed E-state index contributed by atoms with van der Waals surface area (Å²) in [5.74, 6) is 1.95. The molecule has 0 N–H and O–H groups in total. The minimum absolute atomic E-state index is 0.0675. The summed E-state index contributed by atoms with van der Waals surface area (Å²) in [5.41, 5.74) is 0. The Labute approximate surface area is 123 Å². The molecule has 2 saturated heterocycles. The first-order chi connectivity index (χ1) is 10.3. The molecule has 1 aliphatic carbocycles. The van der Waals surface area contributed by atoms with Crippen molar-refractivity contribution in [2.75, 3.05) is 19.7 Å². The van der Waals surface area contributed by atoms with Crippen molar-refractivity contribution in [3.63, 3.8) is 0 Å². The third kappa shape index (κ3) is 2.62. The number of Topliss-reactive ketones (excluding diaryl/α,β-unsaturated/α-hetero) is 1. The van der Waals surface area contributed by atoms with E-state index in [1.807, 2.05) is 0 Å². The Hall–Kier alpha value is -1.27. The maximum atomic E-state index is 11.3. The van der Waals surface area contributed by atoms with Gasteiger partial charge in [-0.15, -0.1) is 0 Å². The number of rotatable bonds is 2. The molecule has 3 aliphatic rings. The Morgan fingerprint density at radius 2 is 2.05 bits per heavy atom. The molecule has 0 radical (unpaired) electrons. The van der Waals surface area contributed by atoms with Gasteiger partial charge in [0.25, 0.3) is 0 Å². The van der Waals surface area contributed by atoms with Crippen LogP contribution < -0.4 is 0 Å². The first-order valence-corrected chi connectivity index (χ1v) is 8.00. The van der Waals surface area contributed by atoms with Gasteiger partial charge >= 0.3 is 0 Å². The molecule has 6 nitrogen and oxygen atoms in total. The summed E-state index contributed by atoms with van der Waals surface area (Å²) in [7, 11) is 0. The molecule has 1 aromatic heterocycles. The number of ketones is 1. The van der Waals surface area contributed by atoms with E-state index in [-0.39, 0.29) is 12.0 Å². The first kappa shape index (κ1) is 13.4. The van der Waals surface area contributed by atoms with Crippen LogP contribution in [-0.2, 0) is 9.53 Å². The molecule has 3 heterocycles. The van der Waals surface area contributed by atoms with Gasteiger partial charge in [-0.05, 0) is 32.2 Å². The quantitative estimate of drug-likeness (QED) is 0.828. The third-order valence-electron chi connectivity index (χ3n) is 5.03. The zero-order valence-corrected chi connectivity index (χ0v) is 12.2. The largest absolute Gasteiger partial charge is 0.367 e. The second kappa shape index (κ2) is 5.50. The molecule has 1 saturated carbocycles. The lowest BCUT2D eigenvalue weighted by Gasteiger charge is -2.33. The minimum atomic E-state index is -0.0675. The van der Waals surface area contributed by atoms with Gasteiger partial charge in [0.05, 0.1) is 6.61 Å². The van der Waals surface area contributed by atoms with E-state index in [2.05, 4.69) is 15.0 Å². The number of morpholine rings is 1. The molecule has 2 atom stereocenters. The van der Waals surface area contributed by atoms with Gasteiger partial charge in [-0.25, -0.2) is 0 Å². The van der Waals surface area contributed by atoms with Crippen molar-refractivity contribution in [2.24, 2.45) is 0 Å². The summed E-state index contributed by atoms with van der Waals surface area (Å²) < 4.78 is 11.3. The predicted molar refractivity (Wildman–Crippen MR) is 73.8 cm³/mol. The van der Waals surface area contributed by atoms with Crippen LogP contribution in [0, 0.1) is 0 Å². The second-order valence-corrected chi connectivity index (χ2v) is 6.42. The van der Waals surface area contributed by atoms with Gasteiger partial charge in [0, 0.05) is 31.3 Å². The summed E-state index contributed by atoms with van der Waals surface area (Å²) in [6, 6.07) is 0.581. The lowest BCUT2D eigenvalue weighted by Crippen LogP contribution is -2.42. The first-order valence-electron chi connectivity index (χ1n) is 8.00. The molecule has 0 spiro atoms. The maximum absolute atomic E-state index is 11.3. The van der Waals surface area contributed by atoms with Crippen LogP contribution in [0.2, 0.25) is 0 Å². The molecule has 2 aliphatic heterocycles. The average Bonchev–Trinajstić information content (AvgIpc) is 3.16. The van der Waals surface area contributed by atoms with Crippen molar-refractivity contribution >= 4 is 5.78 Å². The highest BCUT2D eigenvalue weighted by atomic mass is 16.5. The van der Waals surface area contributed by atoms with Crippen molar-refractivity contribution < 1.29 is 14.1 Å². The van der Waals surface area contributed by atoms with Crippen LogP contribution in [0.1, 0.15) is 62.3 Å². The van der Waals surface area contributed by atoms with Crippen LogP contribution in [0.3, 0.4) is 0 Å². The van der Waals surface area contributed by atoms with E-state index in [4.69, 9.17) is 9.26 Å². The zero-order chi connectivity index (χ0) is 14.2. The number of carbonyl (C=O) groups is 1. The molecule has 0 bridgehead atoms. The molecular weight excluding hydrogens is 270 g/mol. The summed E-state index contributed by atoms with van der Waals surface area (Å²) in [5, 5.41) is 4.13. The fraction of sp³-hybridized carbons (Fsp3) is 0.800. The standard InChI is InChI=1S/C15H21N3O3/c19-12-5-3-10(4-6-12)15-16-14(17-21-15)13-8-18-7-1-2-11(18)9-20-13/h10-11,13H,1-9H2. The van der Waals surface area contributed by atoms with E-state index in [0.717, 1.165) is 32.5 Å². The fourth-order valence-electron chi connectivity index (χ4n) is 3.70. The fourth-order valence-corrected chi connectivity index (χ4v) is 3.70. The highest BCUT2D eigenvalue weighted by Gasteiger charge is 2.35. The molecule has 1 aromatic rings. The van der Waals surface area contributed by atoms with Crippen LogP contribution >= 0.6 is 0 Å². The topological polar surface area (TPSA) is 68.5 Å². The zero-order valence-electron chi connectivity index (χ0n) is 12.2. The van der Waals surface area contributed by atoms with Gasteiger partial charge in [-0.1, -0.05) is 5.16 Å². The van der Waals surface area contributed by atoms with Gasteiger partial charge in [0.1, 0.15) is 11.9 Å². The van der Waals surface area contributed by atoms with Crippen LogP contribution in [-0.4, -0.2) is 46.6 Å². The smallest absolute Gasteiger partial charge is 0.229 e. The van der Waals surface area contributed by atoms with Crippen molar-refractivity contribution in [2.45, 2.75) is 56.6 Å². The van der Waals surface area contributed by atoms with Crippen LogP contribution in [0.15, 0.2) is 4.52 Å². The third-order valence-corrected chi connectivity index (χ3v) is 5.03. The summed E-state index contributed by atoms with van der Waals surface area (Å²) in [6.07, 6.45) is 5.37. The van der Waals surface area contributed by atoms with Crippen molar-refractivity contribution in [1.82, 2.24) is 15.0 Å². The number of ether oxygens (including phenoxy) is 1. The normalized spacial score (nSPS) is 31.5. The van der Waals surface area contributed by atoms with E-state index < -0.39 is 0 Å². The molecular formula is C15H21N3O3. The Morgan fingerprint density at radius 3 is 2.90 bits per heavy atom. The highest BCUT2D eigenvalue weighted by Crippen LogP contribution is 2.32. The van der Waals surface area contributed by atoms with E-state index in [9.17, 15) is 4.79 Å². The van der Waals surface area contributed by atoms with Gasteiger partial charge in [0.15, 0.2) is 0 Å². The van der Waals surface area contributed by atoms with Gasteiger partial charge in [-0.2, -0.15) is 4.98 Å². The molecule has 2 unspecified atom stereocenters. The van der Waals surface area contributed by atoms with Crippen molar-refractivity contribution in [3.05, 3.63) is 11.7 Å². The number of hydrogen-bond acceptors (Lipinski definition) is 6. The molecule has 114 valence electrons. The van der Waals surface area contributed by atoms with E-state index >= 15 is 0 Å². The van der Waals surface area contributed by atoms with E-state index in [1.165, 1.54) is 12.8 Å². The lowest BCUT2D eigenvalue weighted by atomic mass is 9.88. The SMILES string of the molecule is O=C1CCC(c2nc(C3CN4CCCC4CO3)no2)CC1. The van der Waals surface area contributed by atoms with Gasteiger partial charge in [0.2, 0.25) is 11.7 Å². The van der Waals surface area contributed by atoms with Crippen LogP contribution in [0.4, 0.5) is 0 Å². The summed E-state index contributed by atoms with van der Waals surface area (Å²) >= 11 is 0. The van der Waals surface area contributed by atoms with E-state index in [0.29, 0.717) is 36.4 Å². The number of fused-ring (bicyclic) bond motifs is 1. The van der Waals surface area contributed by atoms with Crippen molar-refractivity contribution in [1.29, 1.82) is 0 Å². The number of aromatic nitrogens is 2. The number of nitrogens with zero attached hydrogens (tertiary/aromatic N) is 3. The van der Waals surface area contributed by atoms with Crippen LogP contribution in [0.25, 0.3) is 0 Å². The average molecular weight is 291 g/mol. The lowest BCUT2D eigenvalue weighted by molar-refractivity contribution is -0.120. The minimum Gasteiger partial charge on any atom is -0.367 e. The Bertz CT molecular complexity index is 520. The number of hydrogen-bond donors (Lipinski definition) is 0. The predicted octanol–water partition coefficient (Wildman–Crippen LogP) is 1.83. The van der Waals surface area contributed by atoms with Crippen LogP contribution in [0.5, 0.6) is 0 Å². The molecule has 6 heteroatoms. The molecule has 21 heavy (non-hydrogen) atoms. The van der Waals surface area contributed by atoms with Gasteiger partial charge < -0.3 is 9.26 Å².